The van der Waals surface area contributed by atoms with E-state index in [-0.39, 0.29) is 18.2 Å². The molecule has 0 radical (unpaired) electrons. The van der Waals surface area contributed by atoms with Crippen molar-refractivity contribution in [2.24, 2.45) is 4.99 Å². The van der Waals surface area contributed by atoms with Crippen LogP contribution in [0.25, 0.3) is 6.08 Å². The molecule has 188 valence electrons. The number of amides is 2. The van der Waals surface area contributed by atoms with E-state index in [0.29, 0.717) is 23.8 Å². The molecule has 0 unspecified atom stereocenters. The normalized spacial score (nSPS) is 13.9. The number of methoxy groups -OCH3 is 1. The largest absolute Gasteiger partial charge is 0.497 e. The molecule has 0 fully saturated rings. The minimum atomic E-state index is -0.215. The van der Waals surface area contributed by atoms with E-state index in [0.717, 1.165) is 28.0 Å². The van der Waals surface area contributed by atoms with Crippen molar-refractivity contribution in [3.05, 3.63) is 137 Å². The number of ether oxygens (including phenoxy) is 1. The summed E-state index contributed by atoms with van der Waals surface area (Å²) in [7, 11) is 1.62. The minimum Gasteiger partial charge on any atom is -0.497 e. The minimum absolute atomic E-state index is 0.0601. The molecule has 4 aromatic rings. The smallest absolute Gasteiger partial charge is 0.282 e. The van der Waals surface area contributed by atoms with Gasteiger partial charge in [-0.15, -0.1) is 0 Å². The zero-order valence-corrected chi connectivity index (χ0v) is 21.0. The number of aliphatic imine (C=N–C) groups is 1. The van der Waals surface area contributed by atoms with Crippen LogP contribution in [0.15, 0.2) is 120 Å². The van der Waals surface area contributed by atoms with Gasteiger partial charge in [-0.25, -0.2) is 4.99 Å². The molecule has 6 heteroatoms. The summed E-state index contributed by atoms with van der Waals surface area (Å²) in [5, 5.41) is 2.95. The lowest BCUT2D eigenvalue weighted by Gasteiger charge is -2.19. The van der Waals surface area contributed by atoms with E-state index in [9.17, 15) is 9.59 Å². The van der Waals surface area contributed by atoms with Crippen LogP contribution in [0, 0.1) is 0 Å². The van der Waals surface area contributed by atoms with Gasteiger partial charge in [-0.2, -0.15) is 0 Å². The van der Waals surface area contributed by atoms with Gasteiger partial charge in [0.2, 0.25) is 5.91 Å². The maximum Gasteiger partial charge on any atom is 0.282 e. The Morgan fingerprint density at radius 1 is 0.842 bits per heavy atom. The Bertz CT molecular complexity index is 1480. The molecule has 1 heterocycles. The second-order valence-electron chi connectivity index (χ2n) is 8.85. The number of rotatable bonds is 8. The van der Waals surface area contributed by atoms with E-state index in [1.54, 1.807) is 18.1 Å². The Balaban J connectivity index is 1.35. The van der Waals surface area contributed by atoms with Crippen molar-refractivity contribution in [1.29, 1.82) is 0 Å². The molecule has 38 heavy (non-hydrogen) atoms. The molecule has 0 spiro atoms. The zero-order valence-electron chi connectivity index (χ0n) is 21.0. The number of benzene rings is 4. The number of nitrogens with one attached hydrogen (secondary N) is 1. The lowest BCUT2D eigenvalue weighted by Crippen LogP contribution is -2.32. The first-order valence-electron chi connectivity index (χ1n) is 12.3. The topological polar surface area (TPSA) is 71.0 Å². The summed E-state index contributed by atoms with van der Waals surface area (Å²) in [5.74, 6) is 1.03. The molecule has 0 bridgehead atoms. The number of carbonyl (C=O) groups is 2. The van der Waals surface area contributed by atoms with Gasteiger partial charge < -0.3 is 10.1 Å². The van der Waals surface area contributed by atoms with Crippen molar-refractivity contribution in [2.75, 3.05) is 12.0 Å². The van der Waals surface area contributed by atoms with E-state index in [1.165, 1.54) is 0 Å². The number of hydrogen-bond donors (Lipinski definition) is 1. The molecule has 0 aliphatic carbocycles. The van der Waals surface area contributed by atoms with Crippen LogP contribution in [0.3, 0.4) is 0 Å². The van der Waals surface area contributed by atoms with Crippen LogP contribution < -0.4 is 15.0 Å². The highest BCUT2D eigenvalue weighted by Gasteiger charge is 2.32. The van der Waals surface area contributed by atoms with E-state index >= 15 is 0 Å². The maximum absolute atomic E-state index is 13.6. The van der Waals surface area contributed by atoms with Gasteiger partial charge in [0.1, 0.15) is 17.3 Å². The predicted molar refractivity (Wildman–Crippen MR) is 150 cm³/mol. The standard InChI is InChI=1S/C32H27N3O3/c1-38-28-18-14-23(15-19-28)20-29-32(37)35(31(34-29)26-10-6-3-7-11-26)27-16-12-24(13-17-27)21-30(36)33-22-25-8-4-2-5-9-25/h2-20H,21-22H2,1H3,(H,33,36)/b29-20-. The van der Waals surface area contributed by atoms with Crippen molar-refractivity contribution in [2.45, 2.75) is 13.0 Å². The van der Waals surface area contributed by atoms with Crippen molar-refractivity contribution in [1.82, 2.24) is 5.32 Å². The summed E-state index contributed by atoms with van der Waals surface area (Å²) in [6, 6.07) is 34.4. The van der Waals surface area contributed by atoms with Crippen molar-refractivity contribution in [3.63, 3.8) is 0 Å². The summed E-state index contributed by atoms with van der Waals surface area (Å²) in [6.45, 7) is 0.486. The molecular weight excluding hydrogens is 474 g/mol. The first-order chi connectivity index (χ1) is 18.6. The molecule has 5 rings (SSSR count). The van der Waals surface area contributed by atoms with E-state index in [4.69, 9.17) is 9.73 Å². The molecule has 1 aliphatic rings. The summed E-state index contributed by atoms with van der Waals surface area (Å²) in [4.78, 5) is 32.3. The van der Waals surface area contributed by atoms with Crippen LogP contribution in [0.1, 0.15) is 22.3 Å². The predicted octanol–water partition coefficient (Wildman–Crippen LogP) is 5.39. The van der Waals surface area contributed by atoms with Gasteiger partial charge in [-0.05, 0) is 47.0 Å². The van der Waals surface area contributed by atoms with Gasteiger partial charge in [0.05, 0.1) is 19.2 Å². The Morgan fingerprint density at radius 2 is 1.50 bits per heavy atom. The molecule has 0 atom stereocenters. The van der Waals surface area contributed by atoms with E-state index in [2.05, 4.69) is 5.32 Å². The van der Waals surface area contributed by atoms with Crippen molar-refractivity contribution < 1.29 is 14.3 Å². The molecule has 0 saturated heterocycles. The Labute approximate surface area is 221 Å². The quantitative estimate of drug-likeness (QED) is 0.329. The van der Waals surface area contributed by atoms with Crippen LogP contribution >= 0.6 is 0 Å². The second kappa shape index (κ2) is 11.4. The average Bonchev–Trinajstić information content (AvgIpc) is 3.29. The number of carbonyl (C=O) groups excluding carboxylic acids is 2. The third-order valence-corrected chi connectivity index (χ3v) is 6.20. The Kier molecular flexibility index (Phi) is 7.41. The second-order valence-corrected chi connectivity index (χ2v) is 8.85. The number of hydrogen-bond acceptors (Lipinski definition) is 4. The molecule has 2 amide bonds. The van der Waals surface area contributed by atoms with Gasteiger partial charge in [0, 0.05) is 12.1 Å². The summed E-state index contributed by atoms with van der Waals surface area (Å²) in [5.41, 5.74) is 4.63. The monoisotopic (exact) mass is 501 g/mol. The maximum atomic E-state index is 13.6. The van der Waals surface area contributed by atoms with Crippen LogP contribution in [-0.2, 0) is 22.6 Å². The lowest BCUT2D eigenvalue weighted by molar-refractivity contribution is -0.120. The summed E-state index contributed by atoms with van der Waals surface area (Å²) >= 11 is 0. The number of amidine groups is 1. The van der Waals surface area contributed by atoms with E-state index in [1.807, 2.05) is 109 Å². The third kappa shape index (κ3) is 5.71. The molecule has 4 aromatic carbocycles. The van der Waals surface area contributed by atoms with Gasteiger partial charge in [-0.3, -0.25) is 14.5 Å². The molecule has 1 N–H and O–H groups in total. The van der Waals surface area contributed by atoms with Crippen LogP contribution in [0.5, 0.6) is 5.75 Å². The fraction of sp³-hybridized carbons (Fsp3) is 0.0938. The highest BCUT2D eigenvalue weighted by atomic mass is 16.5. The third-order valence-electron chi connectivity index (χ3n) is 6.20. The first-order valence-corrected chi connectivity index (χ1v) is 12.3. The van der Waals surface area contributed by atoms with Gasteiger partial charge in [0.15, 0.2) is 0 Å². The van der Waals surface area contributed by atoms with Gasteiger partial charge in [-0.1, -0.05) is 84.9 Å². The Hall–Kier alpha value is -4.97. The average molecular weight is 502 g/mol. The number of anilines is 1. The van der Waals surface area contributed by atoms with Gasteiger partial charge in [0.25, 0.3) is 5.91 Å². The number of nitrogens with zero attached hydrogens (tertiary/aromatic N) is 2. The fourth-order valence-corrected chi connectivity index (χ4v) is 4.20. The summed E-state index contributed by atoms with van der Waals surface area (Å²) in [6.07, 6.45) is 2.03. The SMILES string of the molecule is COc1ccc(/C=C2\N=C(c3ccccc3)N(c3ccc(CC(=O)NCc4ccccc4)cc3)C2=O)cc1. The van der Waals surface area contributed by atoms with Crippen LogP contribution in [-0.4, -0.2) is 24.8 Å². The van der Waals surface area contributed by atoms with Gasteiger partial charge >= 0.3 is 0 Å². The van der Waals surface area contributed by atoms with Crippen molar-refractivity contribution in [3.8, 4) is 5.75 Å². The van der Waals surface area contributed by atoms with Crippen LogP contribution in [0.4, 0.5) is 5.69 Å². The van der Waals surface area contributed by atoms with E-state index < -0.39 is 0 Å². The van der Waals surface area contributed by atoms with Crippen molar-refractivity contribution >= 4 is 29.4 Å². The molecule has 0 saturated carbocycles. The zero-order chi connectivity index (χ0) is 26.3. The highest BCUT2D eigenvalue weighted by Crippen LogP contribution is 2.28. The summed E-state index contributed by atoms with van der Waals surface area (Å²) < 4.78 is 5.23. The lowest BCUT2D eigenvalue weighted by atomic mass is 10.1. The Morgan fingerprint density at radius 3 is 2.16 bits per heavy atom. The first kappa shape index (κ1) is 24.7. The fourth-order valence-electron chi connectivity index (χ4n) is 4.20. The highest BCUT2D eigenvalue weighted by molar-refractivity contribution is 6.33. The molecule has 0 aromatic heterocycles. The molecule has 6 nitrogen and oxygen atoms in total. The molecular formula is C32H27N3O3. The molecule has 1 aliphatic heterocycles. The van der Waals surface area contributed by atoms with Crippen LogP contribution in [0.2, 0.25) is 0 Å².